The molecule has 0 fully saturated rings. The first kappa shape index (κ1) is 23.2. The second-order valence-corrected chi connectivity index (χ2v) is 8.41. The highest BCUT2D eigenvalue weighted by atomic mass is 35.5. The minimum Gasteiger partial charge on any atom is -0.491 e. The summed E-state index contributed by atoms with van der Waals surface area (Å²) < 4.78 is 11.3. The fourth-order valence-electron chi connectivity index (χ4n) is 3.00. The van der Waals surface area contributed by atoms with Gasteiger partial charge in [-0.25, -0.2) is 0 Å². The number of nitrogens with zero attached hydrogens (tertiary/aromatic N) is 1. The van der Waals surface area contributed by atoms with Crippen LogP contribution in [0.1, 0.15) is 46.6 Å². The highest BCUT2D eigenvalue weighted by Gasteiger charge is 2.27. The van der Waals surface area contributed by atoms with E-state index in [1.54, 1.807) is 0 Å². The number of halogens is 1. The van der Waals surface area contributed by atoms with E-state index in [4.69, 9.17) is 9.47 Å². The van der Waals surface area contributed by atoms with Crippen molar-refractivity contribution in [2.45, 2.75) is 46.5 Å². The molecule has 0 aliphatic carbocycles. The first-order valence-corrected chi connectivity index (χ1v) is 8.56. The van der Waals surface area contributed by atoms with Gasteiger partial charge in [-0.3, -0.25) is 0 Å². The normalized spacial score (nSPS) is 12.2. The van der Waals surface area contributed by atoms with Crippen LogP contribution in [0.3, 0.4) is 0 Å². The van der Waals surface area contributed by atoms with Gasteiger partial charge in [0.25, 0.3) is 0 Å². The Morgan fingerprint density at radius 2 is 1.46 bits per heavy atom. The highest BCUT2D eigenvalue weighted by molar-refractivity contribution is 5.85. The number of rotatable bonds is 9. The van der Waals surface area contributed by atoms with Crippen molar-refractivity contribution in [3.8, 4) is 5.75 Å². The van der Waals surface area contributed by atoms with Crippen LogP contribution in [0.2, 0.25) is 0 Å². The summed E-state index contributed by atoms with van der Waals surface area (Å²) in [5.74, 6) is 0.913. The Kier molecular flexibility index (Phi) is 9.94. The number of ether oxygens (including phenoxy) is 2. The summed E-state index contributed by atoms with van der Waals surface area (Å²) in [7, 11) is 4.09. The number of hydrogen-bond donors (Lipinski definition) is 0. The van der Waals surface area contributed by atoms with Gasteiger partial charge in [0.2, 0.25) is 0 Å². The molecule has 4 heteroatoms. The second-order valence-electron chi connectivity index (χ2n) is 8.41. The molecular formula is C20H36ClNO2. The van der Waals surface area contributed by atoms with Crippen LogP contribution < -0.4 is 4.74 Å². The molecule has 0 saturated heterocycles. The Bertz CT molecular complexity index is 450. The lowest BCUT2D eigenvalue weighted by atomic mass is 9.72. The molecule has 0 amide bonds. The Balaban J connectivity index is 0.00000529. The van der Waals surface area contributed by atoms with E-state index in [0.29, 0.717) is 18.6 Å². The van der Waals surface area contributed by atoms with Gasteiger partial charge in [0, 0.05) is 6.54 Å². The average molecular weight is 358 g/mol. The quantitative estimate of drug-likeness (QED) is 0.593. The molecule has 140 valence electrons. The summed E-state index contributed by atoms with van der Waals surface area (Å²) in [5, 5.41) is 0. The molecule has 1 aromatic carbocycles. The second kappa shape index (κ2) is 10.3. The average Bonchev–Trinajstić information content (AvgIpc) is 2.40. The Morgan fingerprint density at radius 1 is 0.875 bits per heavy atom. The number of likely N-dealkylation sites (N-methyl/N-ethyl adjacent to an activating group) is 1. The van der Waals surface area contributed by atoms with Gasteiger partial charge in [0.1, 0.15) is 12.4 Å². The van der Waals surface area contributed by atoms with Crippen LogP contribution in [0, 0.1) is 5.41 Å². The van der Waals surface area contributed by atoms with E-state index in [9.17, 15) is 0 Å². The summed E-state index contributed by atoms with van der Waals surface area (Å²) in [4.78, 5) is 2.11. The maximum absolute atomic E-state index is 5.74. The molecule has 0 saturated carbocycles. The summed E-state index contributed by atoms with van der Waals surface area (Å²) in [5.41, 5.74) is 1.86. The third-order valence-corrected chi connectivity index (χ3v) is 3.79. The van der Waals surface area contributed by atoms with E-state index >= 15 is 0 Å². The fourth-order valence-corrected chi connectivity index (χ4v) is 3.00. The molecular weight excluding hydrogens is 322 g/mol. The van der Waals surface area contributed by atoms with Crippen LogP contribution in [0.15, 0.2) is 24.3 Å². The zero-order valence-electron chi connectivity index (χ0n) is 16.5. The molecule has 1 aromatic rings. The van der Waals surface area contributed by atoms with Crippen LogP contribution in [0.4, 0.5) is 0 Å². The molecule has 0 bridgehead atoms. The van der Waals surface area contributed by atoms with Crippen LogP contribution in [0.25, 0.3) is 0 Å². The monoisotopic (exact) mass is 357 g/mol. The summed E-state index contributed by atoms with van der Waals surface area (Å²) >= 11 is 0. The van der Waals surface area contributed by atoms with Crippen LogP contribution >= 0.6 is 12.4 Å². The Hall–Kier alpha value is -0.770. The molecule has 0 aliphatic heterocycles. The largest absolute Gasteiger partial charge is 0.491 e. The fraction of sp³-hybridized carbons (Fsp3) is 0.700. The summed E-state index contributed by atoms with van der Waals surface area (Å²) in [6.45, 7) is 14.4. The van der Waals surface area contributed by atoms with Crippen molar-refractivity contribution in [3.63, 3.8) is 0 Å². The molecule has 0 heterocycles. The summed E-state index contributed by atoms with van der Waals surface area (Å²) in [6, 6.07) is 8.51. The Labute approximate surface area is 155 Å². The van der Waals surface area contributed by atoms with Crippen molar-refractivity contribution >= 4 is 12.4 Å². The van der Waals surface area contributed by atoms with E-state index in [-0.39, 0.29) is 17.8 Å². The van der Waals surface area contributed by atoms with Gasteiger partial charge >= 0.3 is 0 Å². The van der Waals surface area contributed by atoms with Gasteiger partial charge < -0.3 is 14.4 Å². The third-order valence-electron chi connectivity index (χ3n) is 3.79. The molecule has 0 aromatic heterocycles. The predicted molar refractivity (Wildman–Crippen MR) is 106 cm³/mol. The van der Waals surface area contributed by atoms with Gasteiger partial charge in [0.15, 0.2) is 0 Å². The highest BCUT2D eigenvalue weighted by Crippen LogP contribution is 2.36. The minimum absolute atomic E-state index is 0. The predicted octanol–water partition coefficient (Wildman–Crippen LogP) is 4.78. The first-order chi connectivity index (χ1) is 10.6. The van der Waals surface area contributed by atoms with E-state index in [2.05, 4.69) is 63.8 Å². The van der Waals surface area contributed by atoms with Crippen LogP contribution in [0.5, 0.6) is 5.75 Å². The van der Waals surface area contributed by atoms with Gasteiger partial charge in [-0.2, -0.15) is 0 Å². The molecule has 24 heavy (non-hydrogen) atoms. The van der Waals surface area contributed by atoms with E-state index in [1.807, 2.05) is 14.1 Å². The van der Waals surface area contributed by atoms with Crippen molar-refractivity contribution in [1.82, 2.24) is 4.90 Å². The maximum Gasteiger partial charge on any atom is 0.119 e. The molecule has 1 rings (SSSR count). The number of benzene rings is 1. The topological polar surface area (TPSA) is 21.7 Å². The lowest BCUT2D eigenvalue weighted by Crippen LogP contribution is -2.24. The molecule has 0 N–H and O–H groups in total. The summed E-state index contributed by atoms with van der Waals surface area (Å²) in [6.07, 6.45) is 1.15. The molecule has 0 spiro atoms. The number of hydrogen-bond acceptors (Lipinski definition) is 3. The molecule has 0 radical (unpaired) electrons. The van der Waals surface area contributed by atoms with Gasteiger partial charge in [0.05, 0.1) is 13.2 Å². The maximum atomic E-state index is 5.74. The first-order valence-electron chi connectivity index (χ1n) is 8.56. The third kappa shape index (κ3) is 9.51. The van der Waals surface area contributed by atoms with Crippen molar-refractivity contribution in [2.24, 2.45) is 5.41 Å². The van der Waals surface area contributed by atoms with Crippen LogP contribution in [-0.4, -0.2) is 45.4 Å². The van der Waals surface area contributed by atoms with Crippen molar-refractivity contribution in [2.75, 3.05) is 40.5 Å². The smallest absolute Gasteiger partial charge is 0.119 e. The molecule has 0 unspecified atom stereocenters. The van der Waals surface area contributed by atoms with E-state index in [1.165, 1.54) is 5.56 Å². The molecule has 0 atom stereocenters. The lowest BCUT2D eigenvalue weighted by molar-refractivity contribution is 0.0890. The van der Waals surface area contributed by atoms with Gasteiger partial charge in [-0.15, -0.1) is 12.4 Å². The standard InChI is InChI=1S/C20H35NO2.ClH/c1-19(2,3)16-20(4,5)17-8-10-18(11-9-17)23-15-14-22-13-12-21(6)7;/h8-11H,12-16H2,1-7H3;1H. The SMILES string of the molecule is CN(C)CCOCCOc1ccc(C(C)(C)CC(C)(C)C)cc1.Cl. The van der Waals surface area contributed by atoms with Gasteiger partial charge in [-0.1, -0.05) is 46.8 Å². The van der Waals surface area contributed by atoms with Crippen molar-refractivity contribution < 1.29 is 9.47 Å². The lowest BCUT2D eigenvalue weighted by Gasteiger charge is -2.33. The minimum atomic E-state index is 0. The zero-order valence-corrected chi connectivity index (χ0v) is 17.3. The Morgan fingerprint density at radius 3 is 1.96 bits per heavy atom. The van der Waals surface area contributed by atoms with Crippen molar-refractivity contribution in [1.29, 1.82) is 0 Å². The van der Waals surface area contributed by atoms with Crippen molar-refractivity contribution in [3.05, 3.63) is 29.8 Å². The van der Waals surface area contributed by atoms with E-state index in [0.717, 1.165) is 25.3 Å². The van der Waals surface area contributed by atoms with Crippen LogP contribution in [-0.2, 0) is 10.2 Å². The van der Waals surface area contributed by atoms with E-state index < -0.39 is 0 Å². The zero-order chi connectivity index (χ0) is 17.5. The molecule has 3 nitrogen and oxygen atoms in total. The molecule has 0 aliphatic rings. The van der Waals surface area contributed by atoms with Gasteiger partial charge in [-0.05, 0) is 49.0 Å².